The highest BCUT2D eigenvalue weighted by atomic mass is 32.2. The SMILES string of the molecule is CNC(=O)/C(=C\c1ccc(C)c(OC)c1)NC(=O)CSc1ccc2ccccc2c1. The van der Waals surface area contributed by atoms with Crippen LogP contribution in [0.2, 0.25) is 0 Å². The summed E-state index contributed by atoms with van der Waals surface area (Å²) in [4.78, 5) is 25.8. The number of methoxy groups -OCH3 is 1. The van der Waals surface area contributed by atoms with Crippen LogP contribution < -0.4 is 15.4 Å². The third-order valence-electron chi connectivity index (χ3n) is 4.58. The Balaban J connectivity index is 1.71. The molecule has 0 atom stereocenters. The van der Waals surface area contributed by atoms with Crippen LogP contribution in [0.1, 0.15) is 11.1 Å². The summed E-state index contributed by atoms with van der Waals surface area (Å²) in [6, 6.07) is 19.8. The van der Waals surface area contributed by atoms with E-state index < -0.39 is 0 Å². The first-order valence-electron chi connectivity index (χ1n) is 9.50. The second-order valence-electron chi connectivity index (χ2n) is 6.71. The molecule has 0 saturated heterocycles. The maximum atomic E-state index is 12.5. The Morgan fingerprint density at radius 3 is 2.53 bits per heavy atom. The van der Waals surface area contributed by atoms with Crippen LogP contribution in [-0.4, -0.2) is 31.7 Å². The first-order chi connectivity index (χ1) is 14.5. The summed E-state index contributed by atoms with van der Waals surface area (Å²) < 4.78 is 5.33. The Bertz CT molecular complexity index is 1110. The van der Waals surface area contributed by atoms with Crippen molar-refractivity contribution >= 4 is 40.4 Å². The fourth-order valence-corrected chi connectivity index (χ4v) is 3.72. The number of hydrogen-bond acceptors (Lipinski definition) is 4. The molecule has 0 aromatic heterocycles. The average molecular weight is 421 g/mol. The molecule has 3 aromatic rings. The zero-order valence-corrected chi connectivity index (χ0v) is 18.0. The van der Waals surface area contributed by atoms with Crippen molar-refractivity contribution in [1.82, 2.24) is 10.6 Å². The van der Waals surface area contributed by atoms with Crippen molar-refractivity contribution in [2.45, 2.75) is 11.8 Å². The zero-order chi connectivity index (χ0) is 21.5. The Hall–Kier alpha value is -3.25. The van der Waals surface area contributed by atoms with Gasteiger partial charge < -0.3 is 15.4 Å². The van der Waals surface area contributed by atoms with Gasteiger partial charge in [-0.15, -0.1) is 11.8 Å². The predicted octanol–water partition coefficient (Wildman–Crippen LogP) is 4.15. The van der Waals surface area contributed by atoms with Crippen LogP contribution >= 0.6 is 11.8 Å². The van der Waals surface area contributed by atoms with Gasteiger partial charge in [-0.05, 0) is 53.1 Å². The fraction of sp³-hybridized carbons (Fsp3) is 0.167. The van der Waals surface area contributed by atoms with E-state index in [1.54, 1.807) is 13.2 Å². The summed E-state index contributed by atoms with van der Waals surface area (Å²) in [6.45, 7) is 1.94. The van der Waals surface area contributed by atoms with Gasteiger partial charge in [0.15, 0.2) is 0 Å². The van der Waals surface area contributed by atoms with Crippen LogP contribution in [-0.2, 0) is 9.59 Å². The van der Waals surface area contributed by atoms with Gasteiger partial charge in [0, 0.05) is 11.9 Å². The number of fused-ring (bicyclic) bond motifs is 1. The molecular weight excluding hydrogens is 396 g/mol. The zero-order valence-electron chi connectivity index (χ0n) is 17.2. The molecule has 30 heavy (non-hydrogen) atoms. The second kappa shape index (κ2) is 9.98. The molecule has 5 nitrogen and oxygen atoms in total. The van der Waals surface area contributed by atoms with E-state index in [1.165, 1.54) is 18.8 Å². The number of benzene rings is 3. The third-order valence-corrected chi connectivity index (χ3v) is 5.57. The standard InChI is InChI=1S/C24H24N2O3S/c1-16-8-9-17(13-22(16)29-3)12-21(24(28)25-2)26-23(27)15-30-20-11-10-18-6-4-5-7-19(18)14-20/h4-14H,15H2,1-3H3,(H,25,28)(H,26,27)/b21-12+. The molecule has 0 saturated carbocycles. The normalized spacial score (nSPS) is 11.2. The molecule has 0 fully saturated rings. The largest absolute Gasteiger partial charge is 0.496 e. The molecule has 2 amide bonds. The van der Waals surface area contributed by atoms with Gasteiger partial charge in [-0.3, -0.25) is 9.59 Å². The van der Waals surface area contributed by atoms with Crippen molar-refractivity contribution in [1.29, 1.82) is 0 Å². The van der Waals surface area contributed by atoms with Crippen LogP contribution in [0.25, 0.3) is 16.8 Å². The summed E-state index contributed by atoms with van der Waals surface area (Å²) in [7, 11) is 3.13. The number of carbonyl (C=O) groups is 2. The first-order valence-corrected chi connectivity index (χ1v) is 10.5. The molecule has 0 heterocycles. The van der Waals surface area contributed by atoms with Gasteiger partial charge in [-0.1, -0.05) is 42.5 Å². The van der Waals surface area contributed by atoms with Gasteiger partial charge in [-0.2, -0.15) is 0 Å². The number of hydrogen-bond donors (Lipinski definition) is 2. The second-order valence-corrected chi connectivity index (χ2v) is 7.76. The molecule has 0 bridgehead atoms. The van der Waals surface area contributed by atoms with E-state index in [0.717, 1.165) is 32.5 Å². The van der Waals surface area contributed by atoms with Gasteiger partial charge in [0.2, 0.25) is 5.91 Å². The minimum Gasteiger partial charge on any atom is -0.496 e. The number of carbonyl (C=O) groups excluding carboxylic acids is 2. The summed E-state index contributed by atoms with van der Waals surface area (Å²) in [5.74, 6) is 0.308. The van der Waals surface area contributed by atoms with Crippen LogP contribution in [0.5, 0.6) is 5.75 Å². The molecule has 0 spiro atoms. The van der Waals surface area contributed by atoms with Gasteiger partial charge in [0.05, 0.1) is 12.9 Å². The lowest BCUT2D eigenvalue weighted by Gasteiger charge is -2.10. The minimum atomic E-state index is -0.362. The smallest absolute Gasteiger partial charge is 0.267 e. The summed E-state index contributed by atoms with van der Waals surface area (Å²) >= 11 is 1.43. The van der Waals surface area contributed by atoms with E-state index in [0.29, 0.717) is 0 Å². The highest BCUT2D eigenvalue weighted by Crippen LogP contribution is 2.24. The summed E-state index contributed by atoms with van der Waals surface area (Å²) in [5, 5.41) is 7.57. The fourth-order valence-electron chi connectivity index (χ4n) is 2.98. The van der Waals surface area contributed by atoms with Gasteiger partial charge >= 0.3 is 0 Å². The highest BCUT2D eigenvalue weighted by molar-refractivity contribution is 8.00. The molecular formula is C24H24N2O3S. The lowest BCUT2D eigenvalue weighted by atomic mass is 10.1. The van der Waals surface area contributed by atoms with Crippen molar-refractivity contribution in [3.8, 4) is 5.75 Å². The Kier molecular flexibility index (Phi) is 7.14. The molecule has 2 N–H and O–H groups in total. The van der Waals surface area contributed by atoms with E-state index >= 15 is 0 Å². The first kappa shape index (κ1) is 21.5. The number of aryl methyl sites for hydroxylation is 1. The summed E-state index contributed by atoms with van der Waals surface area (Å²) in [6.07, 6.45) is 1.64. The van der Waals surface area contributed by atoms with Gasteiger partial charge in [0.25, 0.3) is 5.91 Å². The molecule has 0 aliphatic carbocycles. The van der Waals surface area contributed by atoms with Gasteiger partial charge in [0.1, 0.15) is 11.4 Å². The van der Waals surface area contributed by atoms with E-state index in [1.807, 2.05) is 55.5 Å². The van der Waals surface area contributed by atoms with Crippen molar-refractivity contribution in [3.63, 3.8) is 0 Å². The molecule has 6 heteroatoms. The van der Waals surface area contributed by atoms with Crippen molar-refractivity contribution in [2.75, 3.05) is 19.9 Å². The van der Waals surface area contributed by atoms with Crippen molar-refractivity contribution < 1.29 is 14.3 Å². The van der Waals surface area contributed by atoms with Crippen LogP contribution in [0.3, 0.4) is 0 Å². The number of likely N-dealkylation sites (N-methyl/N-ethyl adjacent to an activating group) is 1. The van der Waals surface area contributed by atoms with Crippen LogP contribution in [0.15, 0.2) is 71.3 Å². The van der Waals surface area contributed by atoms with Crippen molar-refractivity contribution in [2.24, 2.45) is 0 Å². The van der Waals surface area contributed by atoms with Gasteiger partial charge in [-0.25, -0.2) is 0 Å². The average Bonchev–Trinajstić information content (AvgIpc) is 2.77. The molecule has 154 valence electrons. The lowest BCUT2D eigenvalue weighted by Crippen LogP contribution is -2.33. The maximum Gasteiger partial charge on any atom is 0.267 e. The number of rotatable bonds is 7. The van der Waals surface area contributed by atoms with Crippen LogP contribution in [0, 0.1) is 6.92 Å². The third kappa shape index (κ3) is 5.42. The lowest BCUT2D eigenvalue weighted by molar-refractivity contribution is -0.122. The Morgan fingerprint density at radius 2 is 1.80 bits per heavy atom. The van der Waals surface area contributed by atoms with Crippen LogP contribution in [0.4, 0.5) is 0 Å². The number of nitrogens with one attached hydrogen (secondary N) is 2. The Morgan fingerprint density at radius 1 is 1.03 bits per heavy atom. The topological polar surface area (TPSA) is 67.4 Å². The van der Waals surface area contributed by atoms with E-state index in [9.17, 15) is 9.59 Å². The number of amides is 2. The molecule has 0 aliphatic heterocycles. The molecule has 0 unspecified atom stereocenters. The van der Waals surface area contributed by atoms with E-state index in [4.69, 9.17) is 4.74 Å². The molecule has 3 rings (SSSR count). The molecule has 0 radical (unpaired) electrons. The summed E-state index contributed by atoms with van der Waals surface area (Å²) in [5.41, 5.74) is 1.94. The number of ether oxygens (including phenoxy) is 1. The highest BCUT2D eigenvalue weighted by Gasteiger charge is 2.13. The molecule has 0 aliphatic rings. The van der Waals surface area contributed by atoms with Crippen molar-refractivity contribution in [3.05, 3.63) is 77.5 Å². The Labute approximate surface area is 180 Å². The monoisotopic (exact) mass is 420 g/mol. The maximum absolute atomic E-state index is 12.5. The quantitative estimate of drug-likeness (QED) is 0.445. The predicted molar refractivity (Wildman–Crippen MR) is 123 cm³/mol. The molecule has 3 aromatic carbocycles. The van der Waals surface area contributed by atoms with E-state index in [2.05, 4.69) is 22.8 Å². The van der Waals surface area contributed by atoms with E-state index in [-0.39, 0.29) is 23.3 Å². The minimum absolute atomic E-state index is 0.188. The number of thioether (sulfide) groups is 1.